The molecule has 1 aromatic carbocycles. The lowest BCUT2D eigenvalue weighted by Crippen LogP contribution is -2.30. The maximum absolute atomic E-state index is 15.4. The zero-order valence-electron chi connectivity index (χ0n) is 17.9. The first-order valence-electron chi connectivity index (χ1n) is 10.8. The standard InChI is InChI=1S/C22H29FN4O4/c1-12-20-16(9-17(23)21(12)26-7-5-14(11-26)13(2)24)18(31-8-6-25-22(29)30)10-19(28)27(20)15-3-4-15/h9-10,13-15,25H,3-8,11,24H2,1-2H3,(H,29,30)/t13-,14+/m0/s1. The maximum Gasteiger partial charge on any atom is 0.404 e. The van der Waals surface area contributed by atoms with E-state index in [0.717, 1.165) is 31.4 Å². The molecular formula is C22H29FN4O4. The Hall–Kier alpha value is -2.81. The highest BCUT2D eigenvalue weighted by molar-refractivity contribution is 5.92. The lowest BCUT2D eigenvalue weighted by atomic mass is 10.0. The molecule has 4 N–H and O–H groups in total. The van der Waals surface area contributed by atoms with Crippen molar-refractivity contribution in [2.24, 2.45) is 11.7 Å². The smallest absolute Gasteiger partial charge is 0.404 e. The van der Waals surface area contributed by atoms with Crippen LogP contribution in [0.4, 0.5) is 14.9 Å². The van der Waals surface area contributed by atoms with Crippen LogP contribution in [0.25, 0.3) is 10.9 Å². The van der Waals surface area contributed by atoms with Crippen LogP contribution >= 0.6 is 0 Å². The molecule has 1 amide bonds. The molecule has 8 nitrogen and oxygen atoms in total. The number of benzene rings is 1. The van der Waals surface area contributed by atoms with Gasteiger partial charge in [0.15, 0.2) is 0 Å². The molecule has 2 fully saturated rings. The number of rotatable bonds is 7. The van der Waals surface area contributed by atoms with E-state index in [9.17, 15) is 9.59 Å². The summed E-state index contributed by atoms with van der Waals surface area (Å²) in [5.41, 5.74) is 7.82. The minimum absolute atomic E-state index is 0.0397. The second kappa shape index (κ2) is 8.37. The zero-order chi connectivity index (χ0) is 22.3. The number of pyridine rings is 1. The Morgan fingerprint density at radius 1 is 1.39 bits per heavy atom. The number of aryl methyl sites for hydroxylation is 1. The largest absolute Gasteiger partial charge is 0.491 e. The third kappa shape index (κ3) is 4.19. The van der Waals surface area contributed by atoms with E-state index in [4.69, 9.17) is 15.6 Å². The molecule has 31 heavy (non-hydrogen) atoms. The number of nitrogens with zero attached hydrogens (tertiary/aromatic N) is 2. The molecule has 2 aromatic rings. The Morgan fingerprint density at radius 2 is 2.13 bits per heavy atom. The first-order valence-corrected chi connectivity index (χ1v) is 10.8. The van der Waals surface area contributed by atoms with Gasteiger partial charge in [0.25, 0.3) is 5.56 Å². The number of aromatic nitrogens is 1. The van der Waals surface area contributed by atoms with E-state index in [1.807, 2.05) is 18.7 Å². The lowest BCUT2D eigenvalue weighted by molar-refractivity contribution is 0.191. The monoisotopic (exact) mass is 432 g/mol. The molecule has 1 saturated carbocycles. The molecule has 9 heteroatoms. The van der Waals surface area contributed by atoms with Crippen molar-refractivity contribution >= 4 is 22.7 Å². The molecule has 2 atom stereocenters. The number of halogens is 1. The van der Waals surface area contributed by atoms with Gasteiger partial charge >= 0.3 is 6.09 Å². The molecule has 1 aromatic heterocycles. The van der Waals surface area contributed by atoms with Gasteiger partial charge in [-0.2, -0.15) is 0 Å². The van der Waals surface area contributed by atoms with E-state index in [0.29, 0.717) is 29.1 Å². The van der Waals surface area contributed by atoms with Crippen molar-refractivity contribution in [3.8, 4) is 5.75 Å². The second-order valence-corrected chi connectivity index (χ2v) is 8.61. The highest BCUT2D eigenvalue weighted by Gasteiger charge is 2.32. The fraction of sp³-hybridized carbons (Fsp3) is 0.545. The number of nitrogens with two attached hydrogens (primary N) is 1. The number of hydrogen-bond donors (Lipinski definition) is 3. The molecule has 2 heterocycles. The van der Waals surface area contributed by atoms with E-state index in [-0.39, 0.29) is 42.4 Å². The summed E-state index contributed by atoms with van der Waals surface area (Å²) in [7, 11) is 0. The molecule has 0 unspecified atom stereocenters. The van der Waals surface area contributed by atoms with Crippen LogP contribution in [0.3, 0.4) is 0 Å². The number of anilines is 1. The van der Waals surface area contributed by atoms with Crippen LogP contribution in [-0.4, -0.2) is 48.0 Å². The van der Waals surface area contributed by atoms with Gasteiger partial charge in [-0.25, -0.2) is 9.18 Å². The van der Waals surface area contributed by atoms with Crippen LogP contribution in [0.5, 0.6) is 5.75 Å². The van der Waals surface area contributed by atoms with Gasteiger partial charge in [0.05, 0.1) is 17.7 Å². The van der Waals surface area contributed by atoms with E-state index >= 15 is 4.39 Å². The average molecular weight is 432 g/mol. The Kier molecular flexibility index (Phi) is 5.79. The number of carboxylic acid groups (broad SMARTS) is 1. The van der Waals surface area contributed by atoms with Gasteiger partial charge < -0.3 is 30.4 Å². The van der Waals surface area contributed by atoms with Crippen molar-refractivity contribution in [3.05, 3.63) is 33.9 Å². The molecule has 0 bridgehead atoms. The summed E-state index contributed by atoms with van der Waals surface area (Å²) in [6, 6.07) is 2.97. The fourth-order valence-electron chi connectivity index (χ4n) is 4.57. The van der Waals surface area contributed by atoms with E-state index in [1.165, 1.54) is 12.1 Å². The molecule has 1 aliphatic heterocycles. The lowest BCUT2D eigenvalue weighted by Gasteiger charge is -2.25. The van der Waals surface area contributed by atoms with Crippen LogP contribution < -0.4 is 26.2 Å². The van der Waals surface area contributed by atoms with E-state index in [2.05, 4.69) is 5.32 Å². The molecule has 4 rings (SSSR count). The van der Waals surface area contributed by atoms with Crippen LogP contribution in [-0.2, 0) is 0 Å². The van der Waals surface area contributed by atoms with Gasteiger partial charge in [-0.1, -0.05) is 0 Å². The summed E-state index contributed by atoms with van der Waals surface area (Å²) in [5, 5.41) is 11.5. The number of hydrogen-bond acceptors (Lipinski definition) is 5. The SMILES string of the molecule is Cc1c(N2CC[C@@H]([C@H](C)N)C2)c(F)cc2c(OCCNC(=O)O)cc(=O)n(C3CC3)c12. The van der Waals surface area contributed by atoms with Crippen LogP contribution in [0, 0.1) is 18.7 Å². The van der Waals surface area contributed by atoms with Crippen molar-refractivity contribution in [2.75, 3.05) is 31.1 Å². The van der Waals surface area contributed by atoms with Gasteiger partial charge in [0.1, 0.15) is 18.2 Å². The zero-order valence-corrected chi connectivity index (χ0v) is 17.9. The number of amides is 1. The van der Waals surface area contributed by atoms with E-state index < -0.39 is 6.09 Å². The molecule has 1 saturated heterocycles. The second-order valence-electron chi connectivity index (χ2n) is 8.61. The fourth-order valence-corrected chi connectivity index (χ4v) is 4.57. The van der Waals surface area contributed by atoms with Crippen molar-refractivity contribution in [1.82, 2.24) is 9.88 Å². The Labute approximate surface area is 179 Å². The van der Waals surface area contributed by atoms with Gasteiger partial charge in [-0.15, -0.1) is 0 Å². The maximum atomic E-state index is 15.4. The van der Waals surface area contributed by atoms with Crippen molar-refractivity contribution in [2.45, 2.75) is 45.2 Å². The topological polar surface area (TPSA) is 110 Å². The highest BCUT2D eigenvalue weighted by atomic mass is 19.1. The highest BCUT2D eigenvalue weighted by Crippen LogP contribution is 2.42. The summed E-state index contributed by atoms with van der Waals surface area (Å²) in [6.07, 6.45) is 1.59. The van der Waals surface area contributed by atoms with Crippen LogP contribution in [0.1, 0.15) is 37.8 Å². The molecule has 2 aliphatic rings. The van der Waals surface area contributed by atoms with Gasteiger partial charge in [-0.3, -0.25) is 4.79 Å². The van der Waals surface area contributed by atoms with Crippen molar-refractivity contribution in [3.63, 3.8) is 0 Å². The third-order valence-corrected chi connectivity index (χ3v) is 6.29. The third-order valence-electron chi connectivity index (χ3n) is 6.29. The molecular weight excluding hydrogens is 403 g/mol. The molecule has 168 valence electrons. The number of carbonyl (C=O) groups is 1. The number of ether oxygens (including phenoxy) is 1. The first-order chi connectivity index (χ1) is 14.8. The molecule has 1 aliphatic carbocycles. The minimum atomic E-state index is -1.15. The average Bonchev–Trinajstić information content (AvgIpc) is 3.41. The first kappa shape index (κ1) is 21.4. The minimum Gasteiger partial charge on any atom is -0.491 e. The quantitative estimate of drug-likeness (QED) is 0.580. The van der Waals surface area contributed by atoms with Gasteiger partial charge in [-0.05, 0) is 50.7 Å². The summed E-state index contributed by atoms with van der Waals surface area (Å²) < 4.78 is 22.8. The van der Waals surface area contributed by atoms with Crippen molar-refractivity contribution in [1.29, 1.82) is 0 Å². The summed E-state index contributed by atoms with van der Waals surface area (Å²) in [6.45, 7) is 5.35. The summed E-state index contributed by atoms with van der Waals surface area (Å²) >= 11 is 0. The predicted molar refractivity (Wildman–Crippen MR) is 117 cm³/mol. The Bertz CT molecular complexity index is 1060. The Balaban J connectivity index is 1.78. The number of nitrogens with one attached hydrogen (secondary N) is 1. The van der Waals surface area contributed by atoms with Crippen LogP contribution in [0.15, 0.2) is 16.9 Å². The normalized spacial score (nSPS) is 19.6. The number of fused-ring (bicyclic) bond motifs is 1. The van der Waals surface area contributed by atoms with Gasteiger partial charge in [0.2, 0.25) is 0 Å². The van der Waals surface area contributed by atoms with Gasteiger partial charge in [0, 0.05) is 36.6 Å². The predicted octanol–water partition coefficient (Wildman–Crippen LogP) is 2.60. The van der Waals surface area contributed by atoms with Crippen molar-refractivity contribution < 1.29 is 19.0 Å². The van der Waals surface area contributed by atoms with Crippen LogP contribution in [0.2, 0.25) is 0 Å². The summed E-state index contributed by atoms with van der Waals surface area (Å²) in [5.74, 6) is 0.217. The van der Waals surface area contributed by atoms with E-state index in [1.54, 1.807) is 4.57 Å². The molecule has 0 radical (unpaired) electrons. The molecule has 0 spiro atoms. The Morgan fingerprint density at radius 3 is 2.74 bits per heavy atom. The summed E-state index contributed by atoms with van der Waals surface area (Å²) in [4.78, 5) is 25.6.